The average molecular weight is 361 g/mol. The molecule has 1 aromatic heterocycles. The van der Waals surface area contributed by atoms with Gasteiger partial charge in [-0.2, -0.15) is 0 Å². The third kappa shape index (κ3) is 4.50. The van der Waals surface area contributed by atoms with Gasteiger partial charge in [0.1, 0.15) is 5.82 Å². The number of hydrogen-bond acceptors (Lipinski definition) is 3. The van der Waals surface area contributed by atoms with Crippen molar-refractivity contribution in [3.8, 4) is 0 Å². The van der Waals surface area contributed by atoms with Crippen LogP contribution in [-0.2, 0) is 16.0 Å². The molecular formula is C22H23N3O2. The van der Waals surface area contributed by atoms with Crippen molar-refractivity contribution in [2.75, 3.05) is 18.9 Å². The van der Waals surface area contributed by atoms with Gasteiger partial charge >= 0.3 is 0 Å². The van der Waals surface area contributed by atoms with Gasteiger partial charge < -0.3 is 10.2 Å². The Morgan fingerprint density at radius 1 is 1.22 bits per heavy atom. The molecule has 5 nitrogen and oxygen atoms in total. The molecule has 1 aliphatic rings. The second-order valence-corrected chi connectivity index (χ2v) is 6.75. The summed E-state index contributed by atoms with van der Waals surface area (Å²) in [7, 11) is 1.81. The van der Waals surface area contributed by atoms with E-state index in [-0.39, 0.29) is 11.8 Å². The van der Waals surface area contributed by atoms with Gasteiger partial charge in [-0.3, -0.25) is 9.59 Å². The van der Waals surface area contributed by atoms with Crippen LogP contribution in [0.3, 0.4) is 0 Å². The van der Waals surface area contributed by atoms with Crippen molar-refractivity contribution in [2.24, 2.45) is 0 Å². The largest absolute Gasteiger partial charge is 0.338 e. The fourth-order valence-electron chi connectivity index (χ4n) is 3.18. The number of benzene rings is 1. The Labute approximate surface area is 159 Å². The Balaban J connectivity index is 1.60. The molecule has 1 heterocycles. The fourth-order valence-corrected chi connectivity index (χ4v) is 3.18. The Morgan fingerprint density at radius 2 is 2.00 bits per heavy atom. The zero-order chi connectivity index (χ0) is 19.4. The van der Waals surface area contributed by atoms with Gasteiger partial charge in [0, 0.05) is 32.8 Å². The highest BCUT2D eigenvalue weighted by atomic mass is 16.2. The van der Waals surface area contributed by atoms with Crippen molar-refractivity contribution in [1.29, 1.82) is 0 Å². The fraction of sp³-hybridized carbons (Fsp3) is 0.227. The second kappa shape index (κ2) is 7.99. The standard InChI is InChI=1S/C22H23N3O2/c1-15-19(12-18-6-4-5-7-20(15)18)14-25(3)22(27)11-9-17-8-10-21(23-13-17)24-16(2)26/h4-11,13H,12,14H2,1-3H3,(H,23,24,26)/b11-9+. The van der Waals surface area contributed by atoms with Crippen LogP contribution in [0.15, 0.2) is 54.2 Å². The topological polar surface area (TPSA) is 62.3 Å². The molecule has 1 N–H and O–H groups in total. The summed E-state index contributed by atoms with van der Waals surface area (Å²) in [5, 5.41) is 2.61. The highest BCUT2D eigenvalue weighted by molar-refractivity contribution is 5.92. The molecule has 0 radical (unpaired) electrons. The number of anilines is 1. The average Bonchev–Trinajstić information content (AvgIpc) is 2.96. The summed E-state index contributed by atoms with van der Waals surface area (Å²) in [4.78, 5) is 29.3. The van der Waals surface area contributed by atoms with Crippen molar-refractivity contribution in [3.05, 3.63) is 70.9 Å². The second-order valence-electron chi connectivity index (χ2n) is 6.75. The van der Waals surface area contributed by atoms with E-state index in [4.69, 9.17) is 0 Å². The SMILES string of the molecule is CC(=O)Nc1ccc(/C=C/C(=O)N(C)CC2=C(C)c3ccccc3C2)cn1. The van der Waals surface area contributed by atoms with Crippen LogP contribution in [0.25, 0.3) is 11.6 Å². The number of hydrogen-bond donors (Lipinski definition) is 1. The summed E-state index contributed by atoms with van der Waals surface area (Å²) < 4.78 is 0. The van der Waals surface area contributed by atoms with Crippen LogP contribution in [0.1, 0.15) is 30.5 Å². The lowest BCUT2D eigenvalue weighted by Crippen LogP contribution is -2.27. The number of pyridine rings is 1. The normalized spacial score (nSPS) is 13.0. The molecule has 1 aliphatic carbocycles. The molecule has 2 amide bonds. The van der Waals surface area contributed by atoms with Crippen molar-refractivity contribution in [2.45, 2.75) is 20.3 Å². The third-order valence-corrected chi connectivity index (χ3v) is 4.67. The molecule has 0 fully saturated rings. The van der Waals surface area contributed by atoms with Crippen molar-refractivity contribution in [3.63, 3.8) is 0 Å². The van der Waals surface area contributed by atoms with Crippen LogP contribution in [0, 0.1) is 0 Å². The number of carbonyl (C=O) groups excluding carboxylic acids is 2. The predicted octanol–water partition coefficient (Wildman–Crippen LogP) is 3.54. The van der Waals surface area contributed by atoms with Gasteiger partial charge in [-0.1, -0.05) is 24.3 Å². The molecule has 1 aromatic carbocycles. The summed E-state index contributed by atoms with van der Waals surface area (Å²) in [6, 6.07) is 11.9. The quantitative estimate of drug-likeness (QED) is 0.829. The molecule has 3 rings (SSSR count). The van der Waals surface area contributed by atoms with Crippen molar-refractivity contribution < 1.29 is 9.59 Å². The maximum Gasteiger partial charge on any atom is 0.246 e. The van der Waals surface area contributed by atoms with E-state index in [1.807, 2.05) is 19.2 Å². The summed E-state index contributed by atoms with van der Waals surface area (Å²) in [6.07, 6.45) is 5.80. The maximum atomic E-state index is 12.4. The van der Waals surface area contributed by atoms with Gasteiger partial charge in [0.25, 0.3) is 0 Å². The molecule has 27 heavy (non-hydrogen) atoms. The highest BCUT2D eigenvalue weighted by Crippen LogP contribution is 2.32. The van der Waals surface area contributed by atoms with Crippen LogP contribution in [-0.4, -0.2) is 35.3 Å². The van der Waals surface area contributed by atoms with Crippen LogP contribution in [0.2, 0.25) is 0 Å². The predicted molar refractivity (Wildman–Crippen MR) is 108 cm³/mol. The number of likely N-dealkylation sites (N-methyl/N-ethyl adjacent to an activating group) is 1. The number of nitrogens with zero attached hydrogens (tertiary/aromatic N) is 2. The van der Waals surface area contributed by atoms with Crippen molar-refractivity contribution >= 4 is 29.3 Å². The first-order valence-corrected chi connectivity index (χ1v) is 8.88. The van der Waals surface area contributed by atoms with E-state index in [9.17, 15) is 9.59 Å². The molecule has 0 unspecified atom stereocenters. The zero-order valence-electron chi connectivity index (χ0n) is 15.8. The van der Waals surface area contributed by atoms with E-state index < -0.39 is 0 Å². The van der Waals surface area contributed by atoms with E-state index in [0.29, 0.717) is 12.4 Å². The van der Waals surface area contributed by atoms with Gasteiger partial charge in [0.2, 0.25) is 11.8 Å². The number of rotatable bonds is 5. The van der Waals surface area contributed by atoms with Crippen LogP contribution >= 0.6 is 0 Å². The van der Waals surface area contributed by atoms with E-state index >= 15 is 0 Å². The smallest absolute Gasteiger partial charge is 0.246 e. The van der Waals surface area contributed by atoms with Crippen LogP contribution in [0.5, 0.6) is 0 Å². The monoisotopic (exact) mass is 361 g/mol. The molecule has 0 aliphatic heterocycles. The van der Waals surface area contributed by atoms with Crippen LogP contribution < -0.4 is 5.32 Å². The third-order valence-electron chi connectivity index (χ3n) is 4.67. The molecule has 0 saturated carbocycles. The Morgan fingerprint density at radius 3 is 2.67 bits per heavy atom. The molecule has 0 saturated heterocycles. The first kappa shape index (κ1) is 18.6. The number of fused-ring (bicyclic) bond motifs is 1. The number of amides is 2. The van der Waals surface area contributed by atoms with Crippen LogP contribution in [0.4, 0.5) is 5.82 Å². The number of aromatic nitrogens is 1. The van der Waals surface area contributed by atoms with E-state index in [2.05, 4.69) is 35.4 Å². The summed E-state index contributed by atoms with van der Waals surface area (Å²) in [6.45, 7) is 4.17. The summed E-state index contributed by atoms with van der Waals surface area (Å²) >= 11 is 0. The Bertz CT molecular complexity index is 927. The van der Waals surface area contributed by atoms with Gasteiger partial charge in [0.15, 0.2) is 0 Å². The lowest BCUT2D eigenvalue weighted by molar-refractivity contribution is -0.124. The Hall–Kier alpha value is -3.21. The minimum atomic E-state index is -0.166. The lowest BCUT2D eigenvalue weighted by atomic mass is 10.1. The minimum Gasteiger partial charge on any atom is -0.338 e. The number of allylic oxidation sites excluding steroid dienone is 1. The van der Waals surface area contributed by atoms with Gasteiger partial charge in [-0.15, -0.1) is 0 Å². The van der Waals surface area contributed by atoms with Gasteiger partial charge in [-0.25, -0.2) is 4.98 Å². The molecular weight excluding hydrogens is 338 g/mol. The lowest BCUT2D eigenvalue weighted by Gasteiger charge is -2.16. The maximum absolute atomic E-state index is 12.4. The minimum absolute atomic E-state index is 0.0582. The summed E-state index contributed by atoms with van der Waals surface area (Å²) in [5.41, 5.74) is 5.96. The molecule has 138 valence electrons. The van der Waals surface area contributed by atoms with E-state index in [0.717, 1.165) is 12.0 Å². The first-order chi connectivity index (χ1) is 12.9. The molecule has 5 heteroatoms. The molecule has 2 aromatic rings. The van der Waals surface area contributed by atoms with E-state index in [1.54, 1.807) is 29.3 Å². The highest BCUT2D eigenvalue weighted by Gasteiger charge is 2.19. The van der Waals surface area contributed by atoms with E-state index in [1.165, 1.54) is 29.2 Å². The number of nitrogens with one attached hydrogen (secondary N) is 1. The van der Waals surface area contributed by atoms with Crippen molar-refractivity contribution in [1.82, 2.24) is 9.88 Å². The first-order valence-electron chi connectivity index (χ1n) is 8.88. The molecule has 0 atom stereocenters. The zero-order valence-corrected chi connectivity index (χ0v) is 15.8. The van der Waals surface area contributed by atoms with Gasteiger partial charge in [-0.05, 0) is 59.4 Å². The number of carbonyl (C=O) groups is 2. The summed E-state index contributed by atoms with van der Waals surface area (Å²) in [5.74, 6) is 0.268. The van der Waals surface area contributed by atoms with Gasteiger partial charge in [0.05, 0.1) is 0 Å². The Kier molecular flexibility index (Phi) is 5.50. The molecule has 0 spiro atoms. The molecule has 0 bridgehead atoms.